The average molecular weight is 446 g/mol. The maximum absolute atomic E-state index is 13.4. The molecule has 0 radical (unpaired) electrons. The third-order valence-electron chi connectivity index (χ3n) is 5.06. The van der Waals surface area contributed by atoms with Crippen LogP contribution in [0, 0.1) is 0 Å². The first kappa shape index (κ1) is 22.7. The van der Waals surface area contributed by atoms with Crippen molar-refractivity contribution in [1.82, 2.24) is 9.55 Å². The Morgan fingerprint density at radius 2 is 1.94 bits per heavy atom. The van der Waals surface area contributed by atoms with Crippen molar-refractivity contribution in [3.63, 3.8) is 0 Å². The van der Waals surface area contributed by atoms with E-state index >= 15 is 0 Å². The lowest BCUT2D eigenvalue weighted by Crippen LogP contribution is -2.41. The van der Waals surface area contributed by atoms with E-state index in [0.717, 1.165) is 17.7 Å². The molecule has 0 atom stereocenters. The van der Waals surface area contributed by atoms with Crippen LogP contribution in [0.4, 0.5) is 17.2 Å². The van der Waals surface area contributed by atoms with Gasteiger partial charge in [-0.2, -0.15) is 0 Å². The quantitative estimate of drug-likeness (QED) is 0.572. The minimum Gasteiger partial charge on any atom is -0.383 e. The van der Waals surface area contributed by atoms with Crippen LogP contribution < -0.4 is 27.2 Å². The predicted octanol–water partition coefficient (Wildman–Crippen LogP) is 2.41. The molecule has 9 nitrogen and oxygen atoms in total. The molecule has 0 unspecified atom stereocenters. The molecule has 4 N–H and O–H groups in total. The summed E-state index contributed by atoms with van der Waals surface area (Å²) in [6.07, 6.45) is 3.00. The number of aromatic amines is 1. The summed E-state index contributed by atoms with van der Waals surface area (Å²) in [4.78, 5) is 54.6. The molecule has 0 fully saturated rings. The fraction of sp³-hybridized carbons (Fsp3) is 0.429. The number of nitrogens with zero attached hydrogens (tertiary/aromatic N) is 2. The van der Waals surface area contributed by atoms with E-state index in [4.69, 9.17) is 5.73 Å². The van der Waals surface area contributed by atoms with Crippen molar-refractivity contribution in [2.45, 2.75) is 51.0 Å². The highest BCUT2D eigenvalue weighted by atomic mass is 32.2. The van der Waals surface area contributed by atoms with Crippen LogP contribution in [-0.4, -0.2) is 33.7 Å². The van der Waals surface area contributed by atoms with Crippen LogP contribution in [-0.2, 0) is 11.3 Å². The highest BCUT2D eigenvalue weighted by Crippen LogP contribution is 2.32. The van der Waals surface area contributed by atoms with Crippen molar-refractivity contribution in [2.24, 2.45) is 0 Å². The molecule has 3 rings (SSSR count). The van der Waals surface area contributed by atoms with Crippen LogP contribution in [0.2, 0.25) is 0 Å². The maximum Gasteiger partial charge on any atom is 0.330 e. The van der Waals surface area contributed by atoms with Gasteiger partial charge < -0.3 is 16.0 Å². The first-order valence-electron chi connectivity index (χ1n) is 10.4. The summed E-state index contributed by atoms with van der Waals surface area (Å²) in [5.41, 5.74) is 5.82. The van der Waals surface area contributed by atoms with Gasteiger partial charge in [-0.1, -0.05) is 26.7 Å². The van der Waals surface area contributed by atoms with E-state index in [2.05, 4.69) is 10.3 Å². The second-order valence-corrected chi connectivity index (χ2v) is 8.37. The monoisotopic (exact) mass is 445 g/mol. The number of fused-ring (bicyclic) bond motifs is 1. The second kappa shape index (κ2) is 9.86. The first-order valence-corrected chi connectivity index (χ1v) is 11.4. The summed E-state index contributed by atoms with van der Waals surface area (Å²) in [6.45, 7) is 4.58. The molecule has 0 spiro atoms. The fourth-order valence-electron chi connectivity index (χ4n) is 3.38. The molecule has 0 bridgehead atoms. The number of hydrogen-bond acceptors (Lipinski definition) is 6. The Kier molecular flexibility index (Phi) is 7.21. The number of nitrogen functional groups attached to an aromatic ring is 1. The highest BCUT2D eigenvalue weighted by molar-refractivity contribution is 8.00. The molecule has 31 heavy (non-hydrogen) atoms. The molecule has 0 aliphatic carbocycles. The van der Waals surface area contributed by atoms with E-state index in [1.807, 2.05) is 13.8 Å². The average Bonchev–Trinajstić information content (AvgIpc) is 2.74. The third kappa shape index (κ3) is 4.84. The van der Waals surface area contributed by atoms with Gasteiger partial charge in [0, 0.05) is 23.5 Å². The van der Waals surface area contributed by atoms with E-state index in [0.29, 0.717) is 36.4 Å². The number of unbranched alkanes of at least 4 members (excludes halogenated alkanes) is 2. The number of aromatic nitrogens is 2. The Hall–Kier alpha value is -3.01. The summed E-state index contributed by atoms with van der Waals surface area (Å²) in [5.74, 6) is -0.241. The zero-order valence-corrected chi connectivity index (χ0v) is 18.5. The minimum atomic E-state index is -0.693. The van der Waals surface area contributed by atoms with E-state index in [1.165, 1.54) is 21.2 Å². The molecule has 1 aromatic heterocycles. The number of H-pyrrole nitrogens is 1. The lowest BCUT2D eigenvalue weighted by molar-refractivity contribution is -0.113. The Balaban J connectivity index is 2.06. The van der Waals surface area contributed by atoms with Gasteiger partial charge in [0.2, 0.25) is 5.91 Å². The maximum atomic E-state index is 13.4. The second-order valence-electron chi connectivity index (χ2n) is 7.36. The predicted molar refractivity (Wildman–Crippen MR) is 123 cm³/mol. The number of rotatable bonds is 8. The Morgan fingerprint density at radius 1 is 1.19 bits per heavy atom. The van der Waals surface area contributed by atoms with E-state index in [-0.39, 0.29) is 24.0 Å². The number of nitrogens with two attached hydrogens (primary N) is 1. The van der Waals surface area contributed by atoms with Gasteiger partial charge in [0.25, 0.3) is 11.5 Å². The smallest absolute Gasteiger partial charge is 0.330 e. The van der Waals surface area contributed by atoms with Gasteiger partial charge in [-0.05, 0) is 31.0 Å². The Bertz CT molecular complexity index is 1110. The number of thioether (sulfide) groups is 1. The number of benzene rings is 1. The van der Waals surface area contributed by atoms with Gasteiger partial charge in [0.05, 0.1) is 11.4 Å². The van der Waals surface area contributed by atoms with Crippen LogP contribution in [0.3, 0.4) is 0 Å². The van der Waals surface area contributed by atoms with Crippen molar-refractivity contribution in [3.8, 4) is 0 Å². The van der Waals surface area contributed by atoms with Crippen LogP contribution in [0.5, 0.6) is 0 Å². The molecule has 166 valence electrons. The Morgan fingerprint density at radius 3 is 2.65 bits per heavy atom. The molecular weight excluding hydrogens is 418 g/mol. The third-order valence-corrected chi connectivity index (χ3v) is 6.13. The number of anilines is 3. The molecule has 0 saturated carbocycles. The van der Waals surface area contributed by atoms with Gasteiger partial charge in [-0.15, -0.1) is 11.8 Å². The topological polar surface area (TPSA) is 130 Å². The summed E-state index contributed by atoms with van der Waals surface area (Å²) in [5, 5.41) is 2.77. The number of carbonyl (C=O) groups excluding carboxylic acids is 2. The lowest BCUT2D eigenvalue weighted by Gasteiger charge is -2.25. The van der Waals surface area contributed by atoms with Gasteiger partial charge in [0.15, 0.2) is 5.69 Å². The fourth-order valence-corrected chi connectivity index (χ4v) is 4.17. The summed E-state index contributed by atoms with van der Waals surface area (Å²) in [6, 6.07) is 5.06. The highest BCUT2D eigenvalue weighted by Gasteiger charge is 2.26. The van der Waals surface area contributed by atoms with E-state index in [1.54, 1.807) is 18.2 Å². The van der Waals surface area contributed by atoms with Crippen molar-refractivity contribution >= 4 is 40.8 Å². The summed E-state index contributed by atoms with van der Waals surface area (Å²) < 4.78 is 1.30. The zero-order valence-electron chi connectivity index (χ0n) is 17.7. The van der Waals surface area contributed by atoms with Gasteiger partial charge in [-0.3, -0.25) is 23.9 Å². The number of carbonyl (C=O) groups is 2. The lowest BCUT2D eigenvalue weighted by atomic mass is 10.1. The van der Waals surface area contributed by atoms with Gasteiger partial charge in [-0.25, -0.2) is 4.79 Å². The molecule has 2 amide bonds. The summed E-state index contributed by atoms with van der Waals surface area (Å²) >= 11 is 1.40. The van der Waals surface area contributed by atoms with Crippen molar-refractivity contribution in [2.75, 3.05) is 28.2 Å². The number of hydrogen-bond donors (Lipinski definition) is 3. The summed E-state index contributed by atoms with van der Waals surface area (Å²) in [7, 11) is 0. The largest absolute Gasteiger partial charge is 0.383 e. The van der Waals surface area contributed by atoms with Gasteiger partial charge >= 0.3 is 5.69 Å². The van der Waals surface area contributed by atoms with Crippen LogP contribution >= 0.6 is 11.8 Å². The molecule has 0 saturated heterocycles. The standard InChI is InChI=1S/C21H27N5O4S/c1-3-5-9-25(17-18(22)26(10-6-4-2)21(30)24-19(17)28)20(29)13-7-8-15-14(11-13)23-16(27)12-31-15/h7-8,11H,3-6,9-10,12,22H2,1-2H3,(H,23,27)(H,24,28,30). The molecular formula is C21H27N5O4S. The number of nitrogens with one attached hydrogen (secondary N) is 2. The molecule has 1 aliphatic rings. The van der Waals surface area contributed by atoms with Crippen molar-refractivity contribution in [3.05, 3.63) is 44.6 Å². The first-order chi connectivity index (χ1) is 14.9. The zero-order chi connectivity index (χ0) is 22.5. The molecule has 2 heterocycles. The normalized spacial score (nSPS) is 12.9. The van der Waals surface area contributed by atoms with Crippen LogP contribution in [0.1, 0.15) is 49.9 Å². The molecule has 1 aliphatic heterocycles. The number of amides is 2. The molecule has 2 aromatic rings. The minimum absolute atomic E-state index is 0.0199. The molecule has 10 heteroatoms. The Labute approximate surface area is 184 Å². The van der Waals surface area contributed by atoms with E-state index in [9.17, 15) is 19.2 Å². The van der Waals surface area contributed by atoms with Crippen LogP contribution in [0.15, 0.2) is 32.7 Å². The molecule has 1 aromatic carbocycles. The van der Waals surface area contributed by atoms with Gasteiger partial charge in [0.1, 0.15) is 5.82 Å². The van der Waals surface area contributed by atoms with E-state index < -0.39 is 17.2 Å². The van der Waals surface area contributed by atoms with Crippen molar-refractivity contribution in [1.29, 1.82) is 0 Å². The van der Waals surface area contributed by atoms with Crippen LogP contribution in [0.25, 0.3) is 0 Å². The van der Waals surface area contributed by atoms with Crippen molar-refractivity contribution < 1.29 is 9.59 Å². The SMILES string of the molecule is CCCCN(C(=O)c1ccc2c(c1)NC(=O)CS2)c1c(N)n(CCCC)c(=O)[nH]c1=O.